The minimum atomic E-state index is -1.04. The quantitative estimate of drug-likeness (QED) is 0.698. The highest BCUT2D eigenvalue weighted by Crippen LogP contribution is 2.13. The number of nitrogens with one attached hydrogen (secondary N) is 1. The van der Waals surface area contributed by atoms with Crippen molar-refractivity contribution in [2.24, 2.45) is 11.1 Å². The van der Waals surface area contributed by atoms with Crippen LogP contribution in [0.2, 0.25) is 0 Å². The van der Waals surface area contributed by atoms with Crippen molar-refractivity contribution in [3.63, 3.8) is 0 Å². The van der Waals surface area contributed by atoms with Crippen LogP contribution in [0.4, 0.5) is 0 Å². The second-order valence-corrected chi connectivity index (χ2v) is 5.47. The number of aromatic carboxylic acids is 1. The molecule has 1 heterocycles. The summed E-state index contributed by atoms with van der Waals surface area (Å²) in [5.41, 5.74) is 4.95. The van der Waals surface area contributed by atoms with E-state index in [1.807, 2.05) is 0 Å². The molecule has 0 aliphatic heterocycles. The molecule has 100 valence electrons. The monoisotopic (exact) mass is 271 g/mol. The second-order valence-electron chi connectivity index (χ2n) is 4.53. The third-order valence-corrected chi connectivity index (χ3v) is 3.43. The molecule has 0 aliphatic rings. The summed E-state index contributed by atoms with van der Waals surface area (Å²) >= 11 is 1.27. The first-order valence-corrected chi connectivity index (χ1v) is 6.41. The van der Waals surface area contributed by atoms with Gasteiger partial charge in [0.15, 0.2) is 5.69 Å². The van der Waals surface area contributed by atoms with E-state index in [-0.39, 0.29) is 18.1 Å². The van der Waals surface area contributed by atoms with Crippen molar-refractivity contribution >= 4 is 23.2 Å². The highest BCUT2D eigenvalue weighted by molar-refractivity contribution is 7.09. The van der Waals surface area contributed by atoms with Gasteiger partial charge in [-0.25, -0.2) is 9.78 Å². The van der Waals surface area contributed by atoms with Crippen LogP contribution < -0.4 is 11.1 Å². The predicted molar refractivity (Wildman–Crippen MR) is 68.6 cm³/mol. The maximum Gasteiger partial charge on any atom is 0.355 e. The number of aromatic nitrogens is 1. The average Bonchev–Trinajstić information content (AvgIpc) is 2.77. The second kappa shape index (κ2) is 5.92. The summed E-state index contributed by atoms with van der Waals surface area (Å²) in [7, 11) is 0. The lowest BCUT2D eigenvalue weighted by Crippen LogP contribution is -2.42. The highest BCUT2D eigenvalue weighted by atomic mass is 32.1. The van der Waals surface area contributed by atoms with Gasteiger partial charge in [0.05, 0.1) is 10.4 Å². The molecule has 0 spiro atoms. The Kier molecular flexibility index (Phi) is 4.80. The smallest absolute Gasteiger partial charge is 0.355 e. The number of amides is 1. The van der Waals surface area contributed by atoms with Crippen molar-refractivity contribution in [2.75, 3.05) is 13.1 Å². The summed E-state index contributed by atoms with van der Waals surface area (Å²) < 4.78 is 0. The number of hydrogen-bond acceptors (Lipinski definition) is 5. The fourth-order valence-electron chi connectivity index (χ4n) is 1.14. The zero-order valence-electron chi connectivity index (χ0n) is 10.4. The van der Waals surface area contributed by atoms with Crippen molar-refractivity contribution in [3.05, 3.63) is 16.1 Å². The Morgan fingerprint density at radius 1 is 1.56 bits per heavy atom. The lowest BCUT2D eigenvalue weighted by Gasteiger charge is -2.20. The van der Waals surface area contributed by atoms with Crippen LogP contribution in [-0.4, -0.2) is 35.1 Å². The zero-order chi connectivity index (χ0) is 13.8. The van der Waals surface area contributed by atoms with Crippen molar-refractivity contribution in [1.29, 1.82) is 0 Å². The number of carboxylic acids is 1. The molecule has 1 amide bonds. The van der Waals surface area contributed by atoms with Gasteiger partial charge in [0.25, 0.3) is 0 Å². The molecule has 1 aromatic rings. The van der Waals surface area contributed by atoms with E-state index >= 15 is 0 Å². The first kappa shape index (κ1) is 14.6. The number of hydrogen-bond donors (Lipinski definition) is 3. The molecule has 6 nitrogen and oxygen atoms in total. The molecular weight excluding hydrogens is 254 g/mol. The molecule has 0 fully saturated rings. The minimum Gasteiger partial charge on any atom is -0.476 e. The summed E-state index contributed by atoms with van der Waals surface area (Å²) in [5.74, 6) is -1.15. The number of carbonyl (C=O) groups is 2. The number of carbonyl (C=O) groups excluding carboxylic acids is 1. The lowest BCUT2D eigenvalue weighted by atomic mass is 9.93. The van der Waals surface area contributed by atoms with Crippen molar-refractivity contribution in [1.82, 2.24) is 10.3 Å². The Hall–Kier alpha value is -1.47. The number of thiazole rings is 1. The van der Waals surface area contributed by atoms with Crippen molar-refractivity contribution in [2.45, 2.75) is 20.3 Å². The first-order valence-electron chi connectivity index (χ1n) is 5.53. The average molecular weight is 271 g/mol. The Labute approximate surface area is 109 Å². The van der Waals surface area contributed by atoms with E-state index in [2.05, 4.69) is 10.3 Å². The number of carboxylic acid groups (broad SMARTS) is 1. The van der Waals surface area contributed by atoms with Gasteiger partial charge in [-0.2, -0.15) is 0 Å². The molecule has 4 N–H and O–H groups in total. The minimum absolute atomic E-state index is 0.0450. The van der Waals surface area contributed by atoms with Crippen LogP contribution in [-0.2, 0) is 11.2 Å². The topological polar surface area (TPSA) is 105 Å². The molecule has 0 unspecified atom stereocenters. The normalized spacial score (nSPS) is 11.3. The van der Waals surface area contributed by atoms with Gasteiger partial charge in [-0.1, -0.05) is 0 Å². The molecule has 1 aromatic heterocycles. The zero-order valence-corrected chi connectivity index (χ0v) is 11.2. The molecule has 0 aromatic carbocycles. The number of nitrogens with zero attached hydrogens (tertiary/aromatic N) is 1. The van der Waals surface area contributed by atoms with Gasteiger partial charge in [-0.05, 0) is 13.8 Å². The van der Waals surface area contributed by atoms with E-state index in [4.69, 9.17) is 10.8 Å². The predicted octanol–water partition coefficient (Wildman–Crippen LogP) is 0.485. The summed E-state index contributed by atoms with van der Waals surface area (Å²) in [5, 5.41) is 13.7. The molecule has 0 aliphatic carbocycles. The lowest BCUT2D eigenvalue weighted by molar-refractivity contribution is -0.128. The van der Waals surface area contributed by atoms with Gasteiger partial charge >= 0.3 is 5.97 Å². The molecular formula is C11H17N3O3S. The van der Waals surface area contributed by atoms with Crippen LogP contribution in [0, 0.1) is 5.41 Å². The van der Waals surface area contributed by atoms with Gasteiger partial charge in [-0.15, -0.1) is 11.3 Å². The van der Waals surface area contributed by atoms with Crippen molar-refractivity contribution in [3.8, 4) is 0 Å². The Morgan fingerprint density at radius 3 is 2.72 bits per heavy atom. The Bertz CT molecular complexity index is 442. The van der Waals surface area contributed by atoms with E-state index in [0.717, 1.165) is 0 Å². The highest BCUT2D eigenvalue weighted by Gasteiger charge is 2.25. The Balaban J connectivity index is 2.42. The van der Waals surface area contributed by atoms with Crippen LogP contribution in [0.1, 0.15) is 29.3 Å². The summed E-state index contributed by atoms with van der Waals surface area (Å²) in [4.78, 5) is 26.3. The summed E-state index contributed by atoms with van der Waals surface area (Å²) in [6.45, 7) is 4.25. The third kappa shape index (κ3) is 3.78. The van der Waals surface area contributed by atoms with Crippen LogP contribution in [0.25, 0.3) is 0 Å². The third-order valence-electron chi connectivity index (χ3n) is 2.52. The molecule has 0 saturated carbocycles. The fraction of sp³-hybridized carbons (Fsp3) is 0.545. The van der Waals surface area contributed by atoms with E-state index in [1.54, 1.807) is 13.8 Å². The molecule has 0 atom stereocenters. The van der Waals surface area contributed by atoms with E-state index < -0.39 is 11.4 Å². The van der Waals surface area contributed by atoms with E-state index in [0.29, 0.717) is 18.0 Å². The van der Waals surface area contributed by atoms with E-state index in [1.165, 1.54) is 16.7 Å². The largest absolute Gasteiger partial charge is 0.476 e. The van der Waals surface area contributed by atoms with Gasteiger partial charge in [0, 0.05) is 24.9 Å². The molecule has 18 heavy (non-hydrogen) atoms. The first-order chi connectivity index (χ1) is 8.36. The maximum absolute atomic E-state index is 11.7. The van der Waals surface area contributed by atoms with Crippen LogP contribution >= 0.6 is 11.3 Å². The van der Waals surface area contributed by atoms with Gasteiger partial charge in [-0.3, -0.25) is 4.79 Å². The van der Waals surface area contributed by atoms with Gasteiger partial charge < -0.3 is 16.2 Å². The molecule has 1 rings (SSSR count). The standard InChI is InChI=1S/C11H17N3O3S/c1-11(2,6-12)10(17)13-4-3-8-14-7(5-18-8)9(15)16/h5H,3-4,6,12H2,1-2H3,(H,13,17)(H,15,16). The van der Waals surface area contributed by atoms with E-state index in [9.17, 15) is 9.59 Å². The molecule has 0 bridgehead atoms. The van der Waals surface area contributed by atoms with Crippen LogP contribution in [0.15, 0.2) is 5.38 Å². The number of nitrogens with two attached hydrogens (primary N) is 1. The van der Waals surface area contributed by atoms with Gasteiger partial charge in [0.2, 0.25) is 5.91 Å². The molecule has 0 saturated heterocycles. The summed E-state index contributed by atoms with van der Waals surface area (Å²) in [6, 6.07) is 0. The Morgan fingerprint density at radius 2 is 2.22 bits per heavy atom. The van der Waals surface area contributed by atoms with Crippen LogP contribution in [0.3, 0.4) is 0 Å². The SMILES string of the molecule is CC(C)(CN)C(=O)NCCc1nc(C(=O)O)cs1. The molecule has 0 radical (unpaired) electrons. The summed E-state index contributed by atoms with van der Waals surface area (Å²) in [6.07, 6.45) is 0.518. The number of rotatable bonds is 6. The van der Waals surface area contributed by atoms with Crippen LogP contribution in [0.5, 0.6) is 0 Å². The fourth-order valence-corrected chi connectivity index (χ4v) is 1.91. The maximum atomic E-state index is 11.7. The molecule has 7 heteroatoms. The van der Waals surface area contributed by atoms with Gasteiger partial charge in [0.1, 0.15) is 0 Å². The van der Waals surface area contributed by atoms with Crippen molar-refractivity contribution < 1.29 is 14.7 Å².